The van der Waals surface area contributed by atoms with Gasteiger partial charge in [-0.25, -0.2) is 0 Å². The minimum Gasteiger partial charge on any atom is -0.497 e. The Morgan fingerprint density at radius 2 is 2.09 bits per heavy atom. The summed E-state index contributed by atoms with van der Waals surface area (Å²) in [5.41, 5.74) is 0.755. The zero-order valence-electron chi connectivity index (χ0n) is 13.5. The predicted octanol–water partition coefficient (Wildman–Crippen LogP) is 1.63. The maximum Gasteiger partial charge on any atom is 0.251 e. The van der Waals surface area contributed by atoms with Crippen molar-refractivity contribution >= 4 is 17.7 Å². The van der Waals surface area contributed by atoms with Gasteiger partial charge in [-0.3, -0.25) is 9.69 Å². The maximum atomic E-state index is 12.4. The lowest BCUT2D eigenvalue weighted by atomic mass is 9.95. The summed E-state index contributed by atoms with van der Waals surface area (Å²) < 4.78 is 10.6. The first kappa shape index (κ1) is 16.6. The van der Waals surface area contributed by atoms with Crippen LogP contribution < -0.4 is 10.1 Å². The fourth-order valence-corrected chi connectivity index (χ4v) is 4.70. The fourth-order valence-electron chi connectivity index (χ4n) is 3.22. The third kappa shape index (κ3) is 3.82. The Kier molecular flexibility index (Phi) is 5.46. The van der Waals surface area contributed by atoms with E-state index in [1.54, 1.807) is 19.2 Å². The van der Waals surface area contributed by atoms with Gasteiger partial charge in [0.05, 0.1) is 20.3 Å². The van der Waals surface area contributed by atoms with E-state index < -0.39 is 0 Å². The summed E-state index contributed by atoms with van der Waals surface area (Å²) >= 11 is 1.98. The van der Waals surface area contributed by atoms with Crippen molar-refractivity contribution < 1.29 is 14.3 Å². The fraction of sp³-hybridized carbons (Fsp3) is 0.588. The summed E-state index contributed by atoms with van der Waals surface area (Å²) in [6, 6.07) is 7.24. The number of amides is 1. The van der Waals surface area contributed by atoms with Crippen LogP contribution in [0.25, 0.3) is 0 Å². The number of hydrogen-bond donors (Lipinski definition) is 1. The van der Waals surface area contributed by atoms with Gasteiger partial charge >= 0.3 is 0 Å². The first-order chi connectivity index (χ1) is 11.2. The van der Waals surface area contributed by atoms with Crippen LogP contribution in [0.3, 0.4) is 0 Å². The molecule has 2 saturated heterocycles. The van der Waals surface area contributed by atoms with Gasteiger partial charge in [-0.15, -0.1) is 0 Å². The van der Waals surface area contributed by atoms with Crippen molar-refractivity contribution in [1.82, 2.24) is 10.2 Å². The van der Waals surface area contributed by atoms with Crippen LogP contribution in [-0.4, -0.2) is 67.8 Å². The van der Waals surface area contributed by atoms with Gasteiger partial charge in [0, 0.05) is 36.5 Å². The lowest BCUT2D eigenvalue weighted by molar-refractivity contribution is -0.0129. The first-order valence-corrected chi connectivity index (χ1v) is 9.22. The van der Waals surface area contributed by atoms with E-state index in [4.69, 9.17) is 9.47 Å². The van der Waals surface area contributed by atoms with Gasteiger partial charge in [-0.2, -0.15) is 11.8 Å². The minimum atomic E-state index is -0.0165. The molecule has 3 rings (SSSR count). The molecular formula is C17H24N2O3S. The van der Waals surface area contributed by atoms with Gasteiger partial charge in [-0.05, 0) is 36.4 Å². The van der Waals surface area contributed by atoms with Gasteiger partial charge < -0.3 is 14.8 Å². The molecule has 2 fully saturated rings. The van der Waals surface area contributed by atoms with Crippen LogP contribution in [0.5, 0.6) is 5.75 Å². The van der Waals surface area contributed by atoms with Crippen LogP contribution in [-0.2, 0) is 4.74 Å². The molecule has 0 unspecified atom stereocenters. The van der Waals surface area contributed by atoms with Crippen LogP contribution in [0.2, 0.25) is 0 Å². The lowest BCUT2D eigenvalue weighted by Crippen LogP contribution is -2.59. The Labute approximate surface area is 141 Å². The molecule has 1 aromatic carbocycles. The summed E-state index contributed by atoms with van der Waals surface area (Å²) in [4.78, 5) is 14.9. The standard InChI is InChI=1S/C17H24N2O3S/c1-21-15-4-2-14(3-5-15)16(20)18-12-17(6-11-23-13-17)19-7-9-22-10-8-19/h2-5H,6-13H2,1H3,(H,18,20)/t17-/m0/s1. The van der Waals surface area contributed by atoms with Gasteiger partial charge in [-0.1, -0.05) is 0 Å². The number of carbonyl (C=O) groups is 1. The number of hydrogen-bond acceptors (Lipinski definition) is 5. The molecule has 0 bridgehead atoms. The summed E-state index contributed by atoms with van der Waals surface area (Å²) in [6.07, 6.45) is 1.13. The molecule has 0 aliphatic carbocycles. The number of rotatable bonds is 5. The molecule has 126 valence electrons. The summed E-state index contributed by atoms with van der Waals surface area (Å²) in [5, 5.41) is 3.14. The van der Waals surface area contributed by atoms with E-state index in [0.717, 1.165) is 50.0 Å². The Hall–Kier alpha value is -1.24. The molecule has 2 heterocycles. The Morgan fingerprint density at radius 3 is 2.70 bits per heavy atom. The normalized spacial score (nSPS) is 25.3. The first-order valence-electron chi connectivity index (χ1n) is 8.06. The zero-order valence-corrected chi connectivity index (χ0v) is 14.4. The Morgan fingerprint density at radius 1 is 1.35 bits per heavy atom. The molecule has 2 aliphatic rings. The van der Waals surface area contributed by atoms with E-state index in [0.29, 0.717) is 12.1 Å². The molecule has 6 heteroatoms. The topological polar surface area (TPSA) is 50.8 Å². The smallest absolute Gasteiger partial charge is 0.251 e. The van der Waals surface area contributed by atoms with Gasteiger partial charge in [0.25, 0.3) is 5.91 Å². The number of carbonyl (C=O) groups excluding carboxylic acids is 1. The molecule has 0 aromatic heterocycles. The van der Waals surface area contributed by atoms with E-state index in [1.807, 2.05) is 23.9 Å². The van der Waals surface area contributed by atoms with Crippen LogP contribution in [0, 0.1) is 0 Å². The number of morpholine rings is 1. The predicted molar refractivity (Wildman–Crippen MR) is 92.4 cm³/mol. The second-order valence-corrected chi connectivity index (χ2v) is 7.14. The van der Waals surface area contributed by atoms with Crippen LogP contribution in [0.15, 0.2) is 24.3 Å². The minimum absolute atomic E-state index is 0.0165. The molecule has 0 radical (unpaired) electrons. The second kappa shape index (κ2) is 7.55. The molecule has 0 saturated carbocycles. The van der Waals surface area contributed by atoms with Crippen LogP contribution in [0.1, 0.15) is 16.8 Å². The Balaban J connectivity index is 1.62. The SMILES string of the molecule is COc1ccc(C(=O)NC[C@@]2(N3CCOCC3)CCSC2)cc1. The van der Waals surface area contributed by atoms with Crippen molar-refractivity contribution in [3.05, 3.63) is 29.8 Å². The van der Waals surface area contributed by atoms with Crippen LogP contribution >= 0.6 is 11.8 Å². The summed E-state index contributed by atoms with van der Waals surface area (Å²) in [6.45, 7) is 4.19. The highest BCUT2D eigenvalue weighted by Gasteiger charge is 2.40. The monoisotopic (exact) mass is 336 g/mol. The largest absolute Gasteiger partial charge is 0.497 e. The second-order valence-electron chi connectivity index (χ2n) is 6.04. The van der Waals surface area contributed by atoms with Crippen LogP contribution in [0.4, 0.5) is 0 Å². The lowest BCUT2D eigenvalue weighted by Gasteiger charge is -2.43. The van der Waals surface area contributed by atoms with E-state index >= 15 is 0 Å². The summed E-state index contributed by atoms with van der Waals surface area (Å²) in [7, 11) is 1.62. The third-order valence-corrected chi connectivity index (χ3v) is 5.93. The number of benzene rings is 1. The molecule has 5 nitrogen and oxygen atoms in total. The average molecular weight is 336 g/mol. The van der Waals surface area contributed by atoms with Crippen molar-refractivity contribution in [1.29, 1.82) is 0 Å². The number of thioether (sulfide) groups is 1. The molecule has 2 aliphatic heterocycles. The maximum absolute atomic E-state index is 12.4. The molecule has 1 atom stereocenters. The average Bonchev–Trinajstić information content (AvgIpc) is 3.11. The van der Waals surface area contributed by atoms with Crippen molar-refractivity contribution in [2.24, 2.45) is 0 Å². The van der Waals surface area contributed by atoms with Crippen molar-refractivity contribution in [3.8, 4) is 5.75 Å². The quantitative estimate of drug-likeness (QED) is 0.886. The molecule has 23 heavy (non-hydrogen) atoms. The highest BCUT2D eigenvalue weighted by molar-refractivity contribution is 7.99. The number of ether oxygens (including phenoxy) is 2. The van der Waals surface area contributed by atoms with Gasteiger partial charge in [0.2, 0.25) is 0 Å². The molecule has 1 amide bonds. The highest BCUT2D eigenvalue weighted by Crippen LogP contribution is 2.33. The Bertz CT molecular complexity index is 523. The number of methoxy groups -OCH3 is 1. The van der Waals surface area contributed by atoms with E-state index in [2.05, 4.69) is 10.2 Å². The molecule has 1 aromatic rings. The third-order valence-electron chi connectivity index (χ3n) is 4.69. The zero-order chi connectivity index (χ0) is 16.1. The van der Waals surface area contributed by atoms with E-state index in [9.17, 15) is 4.79 Å². The molecule has 1 N–H and O–H groups in total. The number of nitrogens with one attached hydrogen (secondary N) is 1. The van der Waals surface area contributed by atoms with Crippen molar-refractivity contribution in [2.75, 3.05) is 51.5 Å². The van der Waals surface area contributed by atoms with Gasteiger partial charge in [0.15, 0.2) is 0 Å². The molecule has 0 spiro atoms. The summed E-state index contributed by atoms with van der Waals surface area (Å²) in [5.74, 6) is 2.99. The van der Waals surface area contributed by atoms with Gasteiger partial charge in [0.1, 0.15) is 5.75 Å². The van der Waals surface area contributed by atoms with Crippen molar-refractivity contribution in [2.45, 2.75) is 12.0 Å². The van der Waals surface area contributed by atoms with E-state index in [-0.39, 0.29) is 11.4 Å². The number of nitrogens with zero attached hydrogens (tertiary/aromatic N) is 1. The van der Waals surface area contributed by atoms with Crippen molar-refractivity contribution in [3.63, 3.8) is 0 Å². The molecular weight excluding hydrogens is 312 g/mol. The van der Waals surface area contributed by atoms with E-state index in [1.165, 1.54) is 0 Å². The highest BCUT2D eigenvalue weighted by atomic mass is 32.2.